The van der Waals surface area contributed by atoms with Crippen LogP contribution < -0.4 is 5.32 Å². The van der Waals surface area contributed by atoms with E-state index in [-0.39, 0.29) is 5.91 Å². The topological polar surface area (TPSA) is 47.6 Å². The molecule has 1 heterocycles. The molecule has 0 saturated carbocycles. The maximum atomic E-state index is 11.7. The monoisotopic (exact) mass is 249 g/mol. The number of carbonyl (C=O) groups excluding carboxylic acids is 1. The number of ether oxygens (including phenoxy) is 2. The summed E-state index contributed by atoms with van der Waals surface area (Å²) in [6, 6.07) is 0. The van der Waals surface area contributed by atoms with Gasteiger partial charge in [0.05, 0.1) is 19.8 Å². The molecule has 2 atom stereocenters. The molecule has 0 aromatic heterocycles. The Balaban J connectivity index is 2.22. The number of nitrogens with one attached hydrogen (secondary N) is 1. The lowest BCUT2D eigenvalue weighted by Gasteiger charge is -2.23. The van der Waals surface area contributed by atoms with E-state index in [1.54, 1.807) is 0 Å². The normalized spacial score (nSPS) is 22.8. The van der Waals surface area contributed by atoms with Crippen LogP contribution in [0.25, 0.3) is 0 Å². The maximum absolute atomic E-state index is 11.7. The van der Waals surface area contributed by atoms with E-state index in [1.165, 1.54) is 0 Å². The van der Waals surface area contributed by atoms with Gasteiger partial charge in [-0.15, -0.1) is 11.6 Å². The highest BCUT2D eigenvalue weighted by molar-refractivity contribution is 6.17. The van der Waals surface area contributed by atoms with Crippen molar-refractivity contribution >= 4 is 17.5 Å². The molecule has 1 fully saturated rings. The van der Waals surface area contributed by atoms with Gasteiger partial charge in [-0.05, 0) is 12.3 Å². The molecule has 0 bridgehead atoms. The van der Waals surface area contributed by atoms with Crippen LogP contribution in [0.5, 0.6) is 0 Å². The SMILES string of the molecule is CCC(CCCl)CNC(=O)C1COCCO1. The lowest BCUT2D eigenvalue weighted by molar-refractivity contribution is -0.147. The second-order valence-corrected chi connectivity index (χ2v) is 4.31. The number of amides is 1. The van der Waals surface area contributed by atoms with Gasteiger partial charge in [0.2, 0.25) is 0 Å². The third-order valence-corrected chi connectivity index (χ3v) is 2.99. The zero-order valence-electron chi connectivity index (χ0n) is 9.71. The van der Waals surface area contributed by atoms with Crippen LogP contribution >= 0.6 is 11.6 Å². The highest BCUT2D eigenvalue weighted by Crippen LogP contribution is 2.08. The zero-order chi connectivity index (χ0) is 11.8. The molecule has 1 amide bonds. The standard InChI is InChI=1S/C11H20ClNO3/c1-2-9(3-4-12)7-13-11(14)10-8-15-5-6-16-10/h9-10H,2-8H2,1H3,(H,13,14). The molecule has 1 N–H and O–H groups in total. The van der Waals surface area contributed by atoms with Crippen molar-refractivity contribution in [2.24, 2.45) is 5.92 Å². The number of hydrogen-bond donors (Lipinski definition) is 1. The van der Waals surface area contributed by atoms with Crippen LogP contribution in [0.15, 0.2) is 0 Å². The fourth-order valence-corrected chi connectivity index (χ4v) is 1.91. The van der Waals surface area contributed by atoms with Crippen LogP contribution in [0.2, 0.25) is 0 Å². The molecule has 1 aliphatic rings. The molecule has 16 heavy (non-hydrogen) atoms. The molecule has 4 nitrogen and oxygen atoms in total. The van der Waals surface area contributed by atoms with Gasteiger partial charge < -0.3 is 14.8 Å². The Hall–Kier alpha value is -0.320. The Morgan fingerprint density at radius 3 is 2.94 bits per heavy atom. The van der Waals surface area contributed by atoms with Gasteiger partial charge in [0, 0.05) is 12.4 Å². The first-order valence-corrected chi connectivity index (χ1v) is 6.34. The zero-order valence-corrected chi connectivity index (χ0v) is 10.5. The average Bonchev–Trinajstić information content (AvgIpc) is 2.35. The predicted octanol–water partition coefficient (Wildman–Crippen LogP) is 1.17. The highest BCUT2D eigenvalue weighted by Gasteiger charge is 2.22. The molecule has 1 rings (SSSR count). The molecule has 0 radical (unpaired) electrons. The van der Waals surface area contributed by atoms with Gasteiger partial charge in [0.15, 0.2) is 6.10 Å². The molecule has 1 saturated heterocycles. The Bertz CT molecular complexity index is 207. The van der Waals surface area contributed by atoms with Crippen molar-refractivity contribution in [3.8, 4) is 0 Å². The number of rotatable bonds is 6. The maximum Gasteiger partial charge on any atom is 0.251 e. The number of halogens is 1. The second kappa shape index (κ2) is 7.87. The van der Waals surface area contributed by atoms with Gasteiger partial charge in [0.1, 0.15) is 0 Å². The van der Waals surface area contributed by atoms with Crippen LogP contribution in [-0.4, -0.2) is 44.3 Å². The summed E-state index contributed by atoms with van der Waals surface area (Å²) in [5, 5.41) is 2.89. The summed E-state index contributed by atoms with van der Waals surface area (Å²) in [6.45, 7) is 4.20. The summed E-state index contributed by atoms with van der Waals surface area (Å²) < 4.78 is 10.5. The Morgan fingerprint density at radius 2 is 2.38 bits per heavy atom. The van der Waals surface area contributed by atoms with Gasteiger partial charge in [-0.2, -0.15) is 0 Å². The first kappa shape index (κ1) is 13.7. The van der Waals surface area contributed by atoms with Gasteiger partial charge in [-0.3, -0.25) is 4.79 Å². The number of carbonyl (C=O) groups is 1. The lowest BCUT2D eigenvalue weighted by atomic mass is 10.0. The molecule has 5 heteroatoms. The van der Waals surface area contributed by atoms with Crippen LogP contribution in [0.4, 0.5) is 0 Å². The Kier molecular flexibility index (Phi) is 6.76. The quantitative estimate of drug-likeness (QED) is 0.719. The molecule has 0 aliphatic carbocycles. The molecule has 2 unspecified atom stereocenters. The van der Waals surface area contributed by atoms with Crippen molar-refractivity contribution in [2.75, 3.05) is 32.2 Å². The van der Waals surface area contributed by atoms with E-state index >= 15 is 0 Å². The Labute approximate surface area is 102 Å². The highest BCUT2D eigenvalue weighted by atomic mass is 35.5. The Morgan fingerprint density at radius 1 is 1.56 bits per heavy atom. The molecule has 1 aliphatic heterocycles. The average molecular weight is 250 g/mol. The van der Waals surface area contributed by atoms with E-state index in [0.717, 1.165) is 12.8 Å². The van der Waals surface area contributed by atoms with Crippen LogP contribution in [-0.2, 0) is 14.3 Å². The van der Waals surface area contributed by atoms with E-state index in [1.807, 2.05) is 0 Å². The van der Waals surface area contributed by atoms with Crippen LogP contribution in [0, 0.1) is 5.92 Å². The minimum Gasteiger partial charge on any atom is -0.376 e. The summed E-state index contributed by atoms with van der Waals surface area (Å²) in [5.74, 6) is 1.01. The van der Waals surface area contributed by atoms with Gasteiger partial charge in [0.25, 0.3) is 5.91 Å². The minimum absolute atomic E-state index is 0.0762. The van der Waals surface area contributed by atoms with Gasteiger partial charge in [-0.25, -0.2) is 0 Å². The van der Waals surface area contributed by atoms with Gasteiger partial charge >= 0.3 is 0 Å². The fourth-order valence-electron chi connectivity index (χ4n) is 1.60. The number of alkyl halides is 1. The molecular formula is C11H20ClNO3. The minimum atomic E-state index is -0.442. The fraction of sp³-hybridized carbons (Fsp3) is 0.909. The molecule has 0 aromatic carbocycles. The van der Waals surface area contributed by atoms with E-state index in [9.17, 15) is 4.79 Å². The van der Waals surface area contributed by atoms with Crippen molar-refractivity contribution in [1.29, 1.82) is 0 Å². The molecular weight excluding hydrogens is 230 g/mol. The van der Waals surface area contributed by atoms with E-state index in [4.69, 9.17) is 21.1 Å². The smallest absolute Gasteiger partial charge is 0.251 e. The first-order chi connectivity index (χ1) is 7.77. The van der Waals surface area contributed by atoms with E-state index in [0.29, 0.717) is 38.2 Å². The second-order valence-electron chi connectivity index (χ2n) is 3.93. The van der Waals surface area contributed by atoms with Crippen molar-refractivity contribution in [2.45, 2.75) is 25.9 Å². The van der Waals surface area contributed by atoms with Crippen LogP contribution in [0.3, 0.4) is 0 Å². The molecule has 0 aromatic rings. The summed E-state index contributed by atoms with van der Waals surface area (Å²) in [6.07, 6.45) is 1.51. The first-order valence-electron chi connectivity index (χ1n) is 5.81. The number of hydrogen-bond acceptors (Lipinski definition) is 3. The van der Waals surface area contributed by atoms with Gasteiger partial charge in [-0.1, -0.05) is 13.3 Å². The third kappa shape index (κ3) is 4.68. The third-order valence-electron chi connectivity index (χ3n) is 2.77. The lowest BCUT2D eigenvalue weighted by Crippen LogP contribution is -2.44. The van der Waals surface area contributed by atoms with Crippen LogP contribution in [0.1, 0.15) is 19.8 Å². The largest absolute Gasteiger partial charge is 0.376 e. The molecule has 94 valence electrons. The predicted molar refractivity (Wildman–Crippen MR) is 62.7 cm³/mol. The summed E-state index contributed by atoms with van der Waals surface area (Å²) in [4.78, 5) is 11.7. The van der Waals surface area contributed by atoms with E-state index < -0.39 is 6.10 Å². The van der Waals surface area contributed by atoms with Crippen molar-refractivity contribution < 1.29 is 14.3 Å². The summed E-state index contributed by atoms with van der Waals surface area (Å²) in [5.41, 5.74) is 0. The van der Waals surface area contributed by atoms with Crippen molar-refractivity contribution in [3.63, 3.8) is 0 Å². The molecule has 0 spiro atoms. The van der Waals surface area contributed by atoms with Crippen molar-refractivity contribution in [1.82, 2.24) is 5.32 Å². The summed E-state index contributed by atoms with van der Waals surface area (Å²) in [7, 11) is 0. The van der Waals surface area contributed by atoms with Crippen molar-refractivity contribution in [3.05, 3.63) is 0 Å². The van der Waals surface area contributed by atoms with E-state index in [2.05, 4.69) is 12.2 Å². The summed E-state index contributed by atoms with van der Waals surface area (Å²) >= 11 is 5.68.